The molecule has 1 aliphatic heterocycles. The fourth-order valence-corrected chi connectivity index (χ4v) is 3.85. The van der Waals surface area contributed by atoms with Gasteiger partial charge in [-0.3, -0.25) is 9.69 Å². The lowest BCUT2D eigenvalue weighted by Gasteiger charge is -2.15. The van der Waals surface area contributed by atoms with Gasteiger partial charge in [0.1, 0.15) is 17.3 Å². The first kappa shape index (κ1) is 20.9. The first-order valence-corrected chi connectivity index (χ1v) is 9.99. The second kappa shape index (κ2) is 9.56. The van der Waals surface area contributed by atoms with Gasteiger partial charge in [-0.15, -0.1) is 5.10 Å². The van der Waals surface area contributed by atoms with Crippen LogP contribution in [0.15, 0.2) is 52.7 Å². The van der Waals surface area contributed by atoms with Crippen LogP contribution in [0.2, 0.25) is 0 Å². The number of benzene rings is 2. The monoisotopic (exact) mass is 415 g/mol. The highest BCUT2D eigenvalue weighted by atomic mass is 32.2. The number of carbonyl (C=O) groups is 1. The highest BCUT2D eigenvalue weighted by Crippen LogP contribution is 2.31. The Kier molecular flexibility index (Phi) is 6.87. The van der Waals surface area contributed by atoms with Crippen LogP contribution in [0.25, 0.3) is 0 Å². The van der Waals surface area contributed by atoms with Crippen molar-refractivity contribution >= 4 is 29.1 Å². The summed E-state index contributed by atoms with van der Waals surface area (Å²) in [6.45, 7) is 2.28. The van der Waals surface area contributed by atoms with Gasteiger partial charge in [0.15, 0.2) is 5.17 Å². The number of ether oxygens (including phenoxy) is 2. The van der Waals surface area contributed by atoms with Crippen LogP contribution in [0.1, 0.15) is 24.5 Å². The molecule has 0 unspecified atom stereocenters. The summed E-state index contributed by atoms with van der Waals surface area (Å²) in [5.74, 6) is 0.962. The zero-order valence-electron chi connectivity index (χ0n) is 16.5. The Morgan fingerprint density at radius 1 is 1.17 bits per heavy atom. The Balaban J connectivity index is 1.82. The van der Waals surface area contributed by atoms with Crippen LogP contribution >= 0.6 is 11.8 Å². The molecule has 6 nitrogen and oxygen atoms in total. The predicted octanol–water partition coefficient (Wildman–Crippen LogP) is 4.09. The molecule has 3 rings (SSSR count). The van der Waals surface area contributed by atoms with Crippen molar-refractivity contribution in [3.63, 3.8) is 0 Å². The second-order valence-corrected chi connectivity index (χ2v) is 7.47. The number of carbonyl (C=O) groups excluding carboxylic acids is 1. The lowest BCUT2D eigenvalue weighted by Crippen LogP contribution is -2.31. The van der Waals surface area contributed by atoms with Gasteiger partial charge in [0.2, 0.25) is 5.91 Å². The summed E-state index contributed by atoms with van der Waals surface area (Å²) < 4.78 is 23.7. The van der Waals surface area contributed by atoms with E-state index in [-0.39, 0.29) is 17.0 Å². The van der Waals surface area contributed by atoms with Crippen LogP contribution in [0.3, 0.4) is 0 Å². The molecule has 0 aromatic heterocycles. The predicted molar refractivity (Wildman–Crippen MR) is 113 cm³/mol. The number of rotatable bonds is 7. The molecule has 29 heavy (non-hydrogen) atoms. The summed E-state index contributed by atoms with van der Waals surface area (Å²) in [7, 11) is 3.16. The van der Waals surface area contributed by atoms with Gasteiger partial charge in [0, 0.05) is 11.6 Å². The third-order valence-corrected chi connectivity index (χ3v) is 5.76. The molecule has 1 aliphatic rings. The standard InChI is InChI=1S/C21H22FN3O3S/c1-4-19-20(26)25(13-14-5-8-16(22)9-6-14)21(29-19)24-23-12-15-7-10-17(27-2)11-18(15)28-3/h5-12,19H,4,13H2,1-3H3/b23-12-,24-21+/t19-/m0/s1. The van der Waals surface area contributed by atoms with Gasteiger partial charge in [-0.2, -0.15) is 5.10 Å². The molecule has 1 heterocycles. The summed E-state index contributed by atoms with van der Waals surface area (Å²) in [6.07, 6.45) is 2.27. The van der Waals surface area contributed by atoms with Crippen molar-refractivity contribution in [3.8, 4) is 11.5 Å². The van der Waals surface area contributed by atoms with Gasteiger partial charge in [-0.05, 0) is 36.2 Å². The van der Waals surface area contributed by atoms with E-state index in [1.54, 1.807) is 49.6 Å². The molecule has 1 atom stereocenters. The molecular weight excluding hydrogens is 393 g/mol. The zero-order valence-corrected chi connectivity index (χ0v) is 17.3. The molecular formula is C21H22FN3O3S. The number of nitrogens with zero attached hydrogens (tertiary/aromatic N) is 3. The van der Waals surface area contributed by atoms with E-state index in [1.807, 2.05) is 13.0 Å². The number of amides is 1. The average molecular weight is 415 g/mol. The highest BCUT2D eigenvalue weighted by molar-refractivity contribution is 8.15. The quantitative estimate of drug-likeness (QED) is 0.505. The molecule has 0 spiro atoms. The maximum atomic E-state index is 13.2. The Morgan fingerprint density at radius 2 is 1.93 bits per heavy atom. The maximum Gasteiger partial charge on any atom is 0.242 e. The number of halogens is 1. The molecule has 2 aromatic rings. The lowest BCUT2D eigenvalue weighted by atomic mass is 10.2. The topological polar surface area (TPSA) is 63.5 Å². The minimum atomic E-state index is -0.311. The van der Waals surface area contributed by atoms with Gasteiger partial charge in [-0.1, -0.05) is 30.8 Å². The summed E-state index contributed by atoms with van der Waals surface area (Å²) in [6, 6.07) is 11.5. The first-order chi connectivity index (χ1) is 14.0. The Morgan fingerprint density at radius 3 is 2.59 bits per heavy atom. The molecule has 2 aromatic carbocycles. The van der Waals surface area contributed by atoms with Gasteiger partial charge >= 0.3 is 0 Å². The van der Waals surface area contributed by atoms with Gasteiger partial charge in [0.05, 0.1) is 32.2 Å². The van der Waals surface area contributed by atoms with E-state index < -0.39 is 0 Å². The van der Waals surface area contributed by atoms with E-state index in [9.17, 15) is 9.18 Å². The van der Waals surface area contributed by atoms with Gasteiger partial charge < -0.3 is 9.47 Å². The van der Waals surface area contributed by atoms with E-state index in [2.05, 4.69) is 10.2 Å². The summed E-state index contributed by atoms with van der Waals surface area (Å²) in [5, 5.41) is 8.77. The molecule has 1 fully saturated rings. The number of thioether (sulfide) groups is 1. The smallest absolute Gasteiger partial charge is 0.242 e. The second-order valence-electron chi connectivity index (χ2n) is 6.30. The third-order valence-electron chi connectivity index (χ3n) is 4.43. The minimum Gasteiger partial charge on any atom is -0.497 e. The fourth-order valence-electron chi connectivity index (χ4n) is 2.83. The van der Waals surface area contributed by atoms with Crippen LogP contribution in [0.4, 0.5) is 4.39 Å². The van der Waals surface area contributed by atoms with E-state index in [0.717, 1.165) is 11.1 Å². The third kappa shape index (κ3) is 4.95. The average Bonchev–Trinajstić information content (AvgIpc) is 3.04. The summed E-state index contributed by atoms with van der Waals surface area (Å²) in [5.41, 5.74) is 1.56. The van der Waals surface area contributed by atoms with Crippen molar-refractivity contribution in [3.05, 3.63) is 59.4 Å². The van der Waals surface area contributed by atoms with E-state index >= 15 is 0 Å². The normalized spacial score (nSPS) is 18.1. The molecule has 0 aliphatic carbocycles. The molecule has 8 heteroatoms. The summed E-state index contributed by atoms with van der Waals surface area (Å²) >= 11 is 1.39. The molecule has 0 saturated carbocycles. The number of hydrogen-bond acceptors (Lipinski definition) is 6. The molecule has 0 radical (unpaired) electrons. The van der Waals surface area contributed by atoms with Crippen LogP contribution in [-0.4, -0.2) is 41.7 Å². The molecule has 1 saturated heterocycles. The van der Waals surface area contributed by atoms with Crippen LogP contribution in [-0.2, 0) is 11.3 Å². The minimum absolute atomic E-state index is 0.0159. The van der Waals surface area contributed by atoms with Crippen LogP contribution in [0.5, 0.6) is 11.5 Å². The highest BCUT2D eigenvalue weighted by Gasteiger charge is 2.36. The van der Waals surface area contributed by atoms with Gasteiger partial charge in [-0.25, -0.2) is 4.39 Å². The first-order valence-electron chi connectivity index (χ1n) is 9.11. The van der Waals surface area contributed by atoms with Crippen molar-refractivity contribution in [2.45, 2.75) is 25.1 Å². The summed E-state index contributed by atoms with van der Waals surface area (Å²) in [4.78, 5) is 14.3. The molecule has 152 valence electrons. The Bertz CT molecular complexity index is 931. The zero-order chi connectivity index (χ0) is 20.8. The van der Waals surface area contributed by atoms with Crippen molar-refractivity contribution in [1.82, 2.24) is 4.90 Å². The van der Waals surface area contributed by atoms with E-state index in [0.29, 0.717) is 29.6 Å². The fraction of sp³-hybridized carbons (Fsp3) is 0.286. The van der Waals surface area contributed by atoms with Crippen molar-refractivity contribution in [1.29, 1.82) is 0 Å². The Hall–Kier alpha value is -2.87. The Labute approximate surface area is 173 Å². The maximum absolute atomic E-state index is 13.2. The molecule has 0 N–H and O–H groups in total. The number of amidine groups is 1. The van der Waals surface area contributed by atoms with Crippen molar-refractivity contribution < 1.29 is 18.7 Å². The van der Waals surface area contributed by atoms with Crippen molar-refractivity contribution in [2.24, 2.45) is 10.2 Å². The van der Waals surface area contributed by atoms with E-state index in [4.69, 9.17) is 9.47 Å². The van der Waals surface area contributed by atoms with Crippen molar-refractivity contribution in [2.75, 3.05) is 14.2 Å². The SMILES string of the molecule is CC[C@@H]1S/C(=N/N=C\c2ccc(OC)cc2OC)N(Cc2ccc(F)cc2)C1=O. The largest absolute Gasteiger partial charge is 0.497 e. The number of methoxy groups -OCH3 is 2. The van der Waals surface area contributed by atoms with Gasteiger partial charge in [0.25, 0.3) is 0 Å². The van der Waals surface area contributed by atoms with Crippen LogP contribution in [0, 0.1) is 5.82 Å². The number of hydrogen-bond donors (Lipinski definition) is 0. The van der Waals surface area contributed by atoms with E-state index in [1.165, 1.54) is 23.9 Å². The van der Waals surface area contributed by atoms with Crippen LogP contribution < -0.4 is 9.47 Å². The molecule has 0 bridgehead atoms. The molecule has 1 amide bonds. The lowest BCUT2D eigenvalue weighted by molar-refractivity contribution is -0.126.